The minimum Gasteiger partial charge on any atom is -0.280 e. The molecule has 1 amide bonds. The molecular formula is C24H20ClN3OS. The summed E-state index contributed by atoms with van der Waals surface area (Å²) in [6, 6.07) is 15.4. The lowest BCUT2D eigenvalue weighted by atomic mass is 10.1. The fourth-order valence-electron chi connectivity index (χ4n) is 3.11. The third kappa shape index (κ3) is 4.27. The summed E-state index contributed by atoms with van der Waals surface area (Å²) in [6.45, 7) is 4.52. The molecule has 2 aromatic carbocycles. The number of pyridine rings is 1. The third-order valence-electron chi connectivity index (χ3n) is 4.94. The van der Waals surface area contributed by atoms with Crippen molar-refractivity contribution in [3.63, 3.8) is 0 Å². The highest BCUT2D eigenvalue weighted by Gasteiger charge is 2.19. The van der Waals surface area contributed by atoms with Gasteiger partial charge in [-0.25, -0.2) is 4.98 Å². The van der Waals surface area contributed by atoms with E-state index in [-0.39, 0.29) is 5.91 Å². The first kappa shape index (κ1) is 20.3. The number of anilines is 1. The van der Waals surface area contributed by atoms with Gasteiger partial charge in [-0.1, -0.05) is 53.3 Å². The van der Waals surface area contributed by atoms with Crippen molar-refractivity contribution >= 4 is 50.3 Å². The molecule has 4 aromatic rings. The second-order valence-corrected chi connectivity index (χ2v) is 8.41. The highest BCUT2D eigenvalue weighted by atomic mass is 35.5. The lowest BCUT2D eigenvalue weighted by molar-refractivity contribution is -0.114. The Bertz CT molecular complexity index is 1230. The molecule has 4 nitrogen and oxygen atoms in total. The monoisotopic (exact) mass is 433 g/mol. The number of aryl methyl sites for hydroxylation is 2. The fourth-order valence-corrected chi connectivity index (χ4v) is 4.33. The van der Waals surface area contributed by atoms with Crippen LogP contribution in [0.5, 0.6) is 0 Å². The van der Waals surface area contributed by atoms with Gasteiger partial charge in [0.1, 0.15) is 0 Å². The standard InChI is InChI=1S/C24H20ClN3OS/c1-16-9-11-21-23(17(16)2)27-24(30-21)28(15-18-6-5-13-26-14-18)22(29)12-10-19-7-3-4-8-20(19)25/h3-14H,15H2,1-2H3/b12-10+. The number of carbonyl (C=O) groups is 1. The van der Waals surface area contributed by atoms with Crippen LogP contribution in [0.4, 0.5) is 5.13 Å². The van der Waals surface area contributed by atoms with Gasteiger partial charge in [0.2, 0.25) is 0 Å². The molecule has 0 unspecified atom stereocenters. The average Bonchev–Trinajstić information content (AvgIpc) is 3.19. The van der Waals surface area contributed by atoms with Crippen LogP contribution in [0.3, 0.4) is 0 Å². The van der Waals surface area contributed by atoms with Gasteiger partial charge in [-0.15, -0.1) is 0 Å². The predicted octanol–water partition coefficient (Wildman–Crippen LogP) is 6.21. The highest BCUT2D eigenvalue weighted by Crippen LogP contribution is 2.33. The van der Waals surface area contributed by atoms with E-state index in [1.807, 2.05) is 30.3 Å². The van der Waals surface area contributed by atoms with Gasteiger partial charge in [-0.3, -0.25) is 14.7 Å². The highest BCUT2D eigenvalue weighted by molar-refractivity contribution is 7.22. The van der Waals surface area contributed by atoms with Gasteiger partial charge < -0.3 is 0 Å². The summed E-state index contributed by atoms with van der Waals surface area (Å²) in [7, 11) is 0. The van der Waals surface area contributed by atoms with Crippen LogP contribution in [0.15, 0.2) is 67.0 Å². The number of aromatic nitrogens is 2. The summed E-state index contributed by atoms with van der Waals surface area (Å²) < 4.78 is 1.06. The molecule has 2 heterocycles. The molecule has 0 aliphatic carbocycles. The number of hydrogen-bond donors (Lipinski definition) is 0. The van der Waals surface area contributed by atoms with Crippen LogP contribution < -0.4 is 4.90 Å². The van der Waals surface area contributed by atoms with E-state index in [0.29, 0.717) is 16.7 Å². The number of nitrogens with zero attached hydrogens (tertiary/aromatic N) is 3. The molecular weight excluding hydrogens is 414 g/mol. The van der Waals surface area contributed by atoms with Crippen molar-refractivity contribution in [2.24, 2.45) is 0 Å². The lowest BCUT2D eigenvalue weighted by Crippen LogP contribution is -2.28. The molecule has 0 saturated carbocycles. The zero-order chi connectivity index (χ0) is 21.1. The van der Waals surface area contributed by atoms with E-state index < -0.39 is 0 Å². The van der Waals surface area contributed by atoms with E-state index in [9.17, 15) is 4.79 Å². The number of benzene rings is 2. The number of thiazole rings is 1. The molecule has 4 rings (SSSR count). The Morgan fingerprint density at radius 2 is 1.97 bits per heavy atom. The van der Waals surface area contributed by atoms with Crippen molar-refractivity contribution in [3.8, 4) is 0 Å². The largest absolute Gasteiger partial charge is 0.280 e. The Hall–Kier alpha value is -3.02. The molecule has 0 spiro atoms. The molecule has 0 radical (unpaired) electrons. The van der Waals surface area contributed by atoms with E-state index in [1.54, 1.807) is 35.5 Å². The number of hydrogen-bond acceptors (Lipinski definition) is 4. The topological polar surface area (TPSA) is 46.1 Å². The number of halogens is 1. The molecule has 6 heteroatoms. The predicted molar refractivity (Wildman–Crippen MR) is 125 cm³/mol. The molecule has 0 saturated heterocycles. The Kier molecular flexibility index (Phi) is 5.93. The van der Waals surface area contributed by atoms with Gasteiger partial charge in [-0.2, -0.15) is 0 Å². The molecule has 0 aliphatic rings. The van der Waals surface area contributed by atoms with Crippen LogP contribution in [-0.4, -0.2) is 15.9 Å². The van der Waals surface area contributed by atoms with Crippen molar-refractivity contribution in [1.82, 2.24) is 9.97 Å². The maximum Gasteiger partial charge on any atom is 0.253 e. The van der Waals surface area contributed by atoms with Crippen LogP contribution >= 0.6 is 22.9 Å². The number of carbonyl (C=O) groups excluding carboxylic acids is 1. The molecule has 0 aliphatic heterocycles. The van der Waals surface area contributed by atoms with Crippen LogP contribution in [0.25, 0.3) is 16.3 Å². The van der Waals surface area contributed by atoms with Crippen molar-refractivity contribution in [2.75, 3.05) is 4.90 Å². The second-order valence-electron chi connectivity index (χ2n) is 6.99. The minimum absolute atomic E-state index is 0.160. The first-order valence-corrected chi connectivity index (χ1v) is 10.7. The van der Waals surface area contributed by atoms with Crippen molar-refractivity contribution < 1.29 is 4.79 Å². The zero-order valence-corrected chi connectivity index (χ0v) is 18.2. The van der Waals surface area contributed by atoms with Crippen LogP contribution in [0, 0.1) is 13.8 Å². The Labute approximate surface area is 184 Å². The minimum atomic E-state index is -0.160. The Morgan fingerprint density at radius 3 is 2.73 bits per heavy atom. The van der Waals surface area contributed by atoms with Crippen molar-refractivity contribution in [3.05, 3.63) is 94.3 Å². The summed E-state index contributed by atoms with van der Waals surface area (Å²) in [4.78, 5) is 23.9. The summed E-state index contributed by atoms with van der Waals surface area (Å²) in [6.07, 6.45) is 6.77. The molecule has 0 atom stereocenters. The summed E-state index contributed by atoms with van der Waals surface area (Å²) in [5.41, 5.74) is 4.99. The van der Waals surface area contributed by atoms with Crippen molar-refractivity contribution in [1.29, 1.82) is 0 Å². The van der Waals surface area contributed by atoms with Gasteiger partial charge in [0.15, 0.2) is 5.13 Å². The molecule has 30 heavy (non-hydrogen) atoms. The maximum absolute atomic E-state index is 13.2. The van der Waals surface area contributed by atoms with Gasteiger partial charge in [0.05, 0.1) is 16.8 Å². The van der Waals surface area contributed by atoms with E-state index in [0.717, 1.165) is 26.9 Å². The smallest absolute Gasteiger partial charge is 0.253 e. The second kappa shape index (κ2) is 8.78. The zero-order valence-electron chi connectivity index (χ0n) is 16.7. The van der Waals surface area contributed by atoms with E-state index in [4.69, 9.17) is 16.6 Å². The molecule has 0 N–H and O–H groups in total. The molecule has 2 aromatic heterocycles. The summed E-state index contributed by atoms with van der Waals surface area (Å²) in [5.74, 6) is -0.160. The number of amides is 1. The number of rotatable bonds is 5. The lowest BCUT2D eigenvalue weighted by Gasteiger charge is -2.18. The van der Waals surface area contributed by atoms with Gasteiger partial charge in [0, 0.05) is 23.5 Å². The van der Waals surface area contributed by atoms with Crippen molar-refractivity contribution in [2.45, 2.75) is 20.4 Å². The average molecular weight is 434 g/mol. The quantitative estimate of drug-likeness (QED) is 0.351. The van der Waals surface area contributed by atoms with E-state index >= 15 is 0 Å². The normalized spacial score (nSPS) is 11.3. The Morgan fingerprint density at radius 1 is 1.13 bits per heavy atom. The molecule has 0 bridgehead atoms. The maximum atomic E-state index is 13.2. The molecule has 0 fully saturated rings. The van der Waals surface area contributed by atoms with Crippen LogP contribution in [0.2, 0.25) is 5.02 Å². The first-order chi connectivity index (χ1) is 14.5. The molecule has 150 valence electrons. The van der Waals surface area contributed by atoms with Gasteiger partial charge in [0.25, 0.3) is 5.91 Å². The third-order valence-corrected chi connectivity index (χ3v) is 6.33. The SMILES string of the molecule is Cc1ccc2sc(N(Cc3cccnc3)C(=O)/C=C/c3ccccc3Cl)nc2c1C. The number of fused-ring (bicyclic) bond motifs is 1. The van der Waals surface area contributed by atoms with Crippen LogP contribution in [0.1, 0.15) is 22.3 Å². The Balaban J connectivity index is 1.72. The van der Waals surface area contributed by atoms with Crippen LogP contribution in [-0.2, 0) is 11.3 Å². The van der Waals surface area contributed by atoms with E-state index in [1.165, 1.54) is 16.9 Å². The summed E-state index contributed by atoms with van der Waals surface area (Å²) in [5, 5.41) is 1.27. The summed E-state index contributed by atoms with van der Waals surface area (Å²) >= 11 is 7.74. The fraction of sp³-hybridized carbons (Fsp3) is 0.125. The van der Waals surface area contributed by atoms with Gasteiger partial charge >= 0.3 is 0 Å². The van der Waals surface area contributed by atoms with E-state index in [2.05, 4.69) is 31.0 Å². The first-order valence-electron chi connectivity index (χ1n) is 9.52. The van der Waals surface area contributed by atoms with Gasteiger partial charge in [-0.05, 0) is 60.4 Å².